The number of nitrogens with zero attached hydrogens (tertiary/aromatic N) is 2. The van der Waals surface area contributed by atoms with Crippen LogP contribution in [0.15, 0.2) is 30.3 Å². The van der Waals surface area contributed by atoms with Crippen LogP contribution in [0.2, 0.25) is 0 Å². The summed E-state index contributed by atoms with van der Waals surface area (Å²) in [6.45, 7) is 3.83. The van der Waals surface area contributed by atoms with Crippen LogP contribution in [0.25, 0.3) is 0 Å². The molecule has 0 unspecified atom stereocenters. The number of carbonyl (C=O) groups is 1. The summed E-state index contributed by atoms with van der Waals surface area (Å²) in [5.41, 5.74) is 1.21. The highest BCUT2D eigenvalue weighted by molar-refractivity contribution is 7.89. The predicted molar refractivity (Wildman–Crippen MR) is 95.3 cm³/mol. The van der Waals surface area contributed by atoms with Crippen molar-refractivity contribution in [1.82, 2.24) is 14.5 Å². The van der Waals surface area contributed by atoms with Gasteiger partial charge in [-0.15, -0.1) is 0 Å². The molecule has 1 fully saturated rings. The molecule has 1 N–H and O–H groups in total. The maximum Gasteiger partial charge on any atom is 0.217 e. The molecule has 7 heteroatoms. The number of nitrogens with one attached hydrogen (secondary N) is 1. The zero-order chi connectivity index (χ0) is 17.7. The maximum absolute atomic E-state index is 11.9. The van der Waals surface area contributed by atoms with E-state index in [9.17, 15) is 13.2 Å². The normalized spacial score (nSPS) is 22.0. The average molecular weight is 353 g/mol. The van der Waals surface area contributed by atoms with E-state index in [-0.39, 0.29) is 23.6 Å². The Bertz CT molecular complexity index is 646. The molecular formula is C17H27N3O3S. The van der Waals surface area contributed by atoms with Crippen molar-refractivity contribution in [3.8, 4) is 0 Å². The SMILES string of the molecule is CC(=O)N[C@H]1CN(CCCS(=O)(=O)N(C)C)C[C@@H]1c1ccccc1. The minimum Gasteiger partial charge on any atom is -0.352 e. The largest absolute Gasteiger partial charge is 0.352 e. The molecule has 0 radical (unpaired) electrons. The van der Waals surface area contributed by atoms with E-state index in [2.05, 4.69) is 22.3 Å². The molecule has 134 valence electrons. The van der Waals surface area contributed by atoms with Crippen molar-refractivity contribution in [3.63, 3.8) is 0 Å². The molecule has 1 saturated heterocycles. The van der Waals surface area contributed by atoms with E-state index < -0.39 is 10.0 Å². The summed E-state index contributed by atoms with van der Waals surface area (Å²) >= 11 is 0. The molecule has 2 atom stereocenters. The molecule has 1 aromatic rings. The molecule has 1 heterocycles. The van der Waals surface area contributed by atoms with Gasteiger partial charge in [0.1, 0.15) is 0 Å². The first-order valence-electron chi connectivity index (χ1n) is 8.24. The molecule has 0 aromatic heterocycles. The number of carbonyl (C=O) groups excluding carboxylic acids is 1. The van der Waals surface area contributed by atoms with Gasteiger partial charge in [-0.3, -0.25) is 4.79 Å². The van der Waals surface area contributed by atoms with E-state index in [1.807, 2.05) is 18.2 Å². The van der Waals surface area contributed by atoms with Crippen molar-refractivity contribution in [2.24, 2.45) is 0 Å². The van der Waals surface area contributed by atoms with Gasteiger partial charge in [-0.05, 0) is 18.5 Å². The minimum absolute atomic E-state index is 0.0297. The summed E-state index contributed by atoms with van der Waals surface area (Å²) in [7, 11) is -0.0333. The van der Waals surface area contributed by atoms with Gasteiger partial charge in [0.05, 0.1) is 5.75 Å². The lowest BCUT2D eigenvalue weighted by molar-refractivity contribution is -0.119. The lowest BCUT2D eigenvalue weighted by atomic mass is 9.94. The lowest BCUT2D eigenvalue weighted by Crippen LogP contribution is -2.38. The molecular weight excluding hydrogens is 326 g/mol. The van der Waals surface area contributed by atoms with Gasteiger partial charge >= 0.3 is 0 Å². The van der Waals surface area contributed by atoms with Gasteiger partial charge in [-0.2, -0.15) is 0 Å². The number of rotatable bonds is 7. The number of hydrogen-bond donors (Lipinski definition) is 1. The van der Waals surface area contributed by atoms with Gasteiger partial charge in [-0.1, -0.05) is 30.3 Å². The summed E-state index contributed by atoms with van der Waals surface area (Å²) in [6.07, 6.45) is 0.592. The fourth-order valence-electron chi connectivity index (χ4n) is 3.17. The number of benzene rings is 1. The summed E-state index contributed by atoms with van der Waals surface area (Å²) < 4.78 is 25.0. The Balaban J connectivity index is 1.97. The zero-order valence-corrected chi connectivity index (χ0v) is 15.4. The van der Waals surface area contributed by atoms with Crippen LogP contribution < -0.4 is 5.32 Å². The van der Waals surface area contributed by atoms with Gasteiger partial charge in [0.2, 0.25) is 15.9 Å². The smallest absolute Gasteiger partial charge is 0.217 e. The third-order valence-corrected chi connectivity index (χ3v) is 6.36. The second kappa shape index (κ2) is 8.09. The molecule has 24 heavy (non-hydrogen) atoms. The van der Waals surface area contributed by atoms with Gasteiger partial charge in [0, 0.05) is 46.1 Å². The molecule has 0 aliphatic carbocycles. The van der Waals surface area contributed by atoms with Crippen LogP contribution in [0.3, 0.4) is 0 Å². The lowest BCUT2D eigenvalue weighted by Gasteiger charge is -2.19. The Labute approximate surface area is 144 Å². The van der Waals surface area contributed by atoms with Crippen LogP contribution >= 0.6 is 0 Å². The van der Waals surface area contributed by atoms with Crippen LogP contribution in [0, 0.1) is 0 Å². The van der Waals surface area contributed by atoms with Gasteiger partial charge < -0.3 is 10.2 Å². The summed E-state index contributed by atoms with van der Waals surface area (Å²) in [4.78, 5) is 13.7. The van der Waals surface area contributed by atoms with Crippen molar-refractivity contribution in [1.29, 1.82) is 0 Å². The highest BCUT2D eigenvalue weighted by Crippen LogP contribution is 2.27. The standard InChI is InChI=1S/C17H27N3O3S/c1-14(21)18-17-13-20(10-7-11-24(22,23)19(2)3)12-16(17)15-8-5-4-6-9-15/h4-6,8-9,16-17H,7,10-13H2,1-3H3,(H,18,21)/t16-,17+/m1/s1. The third-order valence-electron chi connectivity index (χ3n) is 4.44. The highest BCUT2D eigenvalue weighted by atomic mass is 32.2. The Morgan fingerprint density at radius 3 is 2.50 bits per heavy atom. The second-order valence-corrected chi connectivity index (χ2v) is 8.84. The number of hydrogen-bond acceptors (Lipinski definition) is 4. The third kappa shape index (κ3) is 5.03. The first-order chi connectivity index (χ1) is 11.3. The first kappa shape index (κ1) is 18.9. The molecule has 0 bridgehead atoms. The van der Waals surface area contributed by atoms with Crippen molar-refractivity contribution < 1.29 is 13.2 Å². The zero-order valence-electron chi connectivity index (χ0n) is 14.6. The number of amides is 1. The molecule has 6 nitrogen and oxygen atoms in total. The number of likely N-dealkylation sites (tertiary alicyclic amines) is 1. The van der Waals surface area contributed by atoms with E-state index in [1.54, 1.807) is 14.1 Å². The molecule has 1 aromatic carbocycles. The Hall–Kier alpha value is -1.44. The summed E-state index contributed by atoms with van der Waals surface area (Å²) in [6, 6.07) is 10.2. The Morgan fingerprint density at radius 1 is 1.25 bits per heavy atom. The van der Waals surface area contributed by atoms with Crippen molar-refractivity contribution >= 4 is 15.9 Å². The fraction of sp³-hybridized carbons (Fsp3) is 0.588. The molecule has 1 amide bonds. The van der Waals surface area contributed by atoms with E-state index >= 15 is 0 Å². The molecule has 1 aliphatic heterocycles. The van der Waals surface area contributed by atoms with E-state index in [4.69, 9.17) is 0 Å². The van der Waals surface area contributed by atoms with Gasteiger partial charge in [0.25, 0.3) is 0 Å². The van der Waals surface area contributed by atoms with Crippen LogP contribution in [-0.2, 0) is 14.8 Å². The Kier molecular flexibility index (Phi) is 6.37. The van der Waals surface area contributed by atoms with E-state index in [1.165, 1.54) is 16.8 Å². The second-order valence-electron chi connectivity index (χ2n) is 6.54. The number of sulfonamides is 1. The first-order valence-corrected chi connectivity index (χ1v) is 9.85. The van der Waals surface area contributed by atoms with Crippen LogP contribution in [0.4, 0.5) is 0 Å². The van der Waals surface area contributed by atoms with Crippen LogP contribution in [0.1, 0.15) is 24.8 Å². The molecule has 0 saturated carbocycles. The van der Waals surface area contributed by atoms with Crippen molar-refractivity contribution in [3.05, 3.63) is 35.9 Å². The highest BCUT2D eigenvalue weighted by Gasteiger charge is 2.34. The molecule has 2 rings (SSSR count). The van der Waals surface area contributed by atoms with Crippen LogP contribution in [0.5, 0.6) is 0 Å². The fourth-order valence-corrected chi connectivity index (χ4v) is 4.03. The monoisotopic (exact) mass is 353 g/mol. The van der Waals surface area contributed by atoms with Crippen LogP contribution in [-0.4, -0.2) is 69.1 Å². The minimum atomic E-state index is -3.15. The Morgan fingerprint density at radius 2 is 1.92 bits per heavy atom. The topological polar surface area (TPSA) is 69.7 Å². The van der Waals surface area contributed by atoms with Gasteiger partial charge in [0.15, 0.2) is 0 Å². The molecule has 1 aliphatic rings. The van der Waals surface area contributed by atoms with E-state index in [0.717, 1.165) is 13.1 Å². The maximum atomic E-state index is 11.9. The summed E-state index contributed by atoms with van der Waals surface area (Å²) in [5, 5.41) is 3.04. The quantitative estimate of drug-likeness (QED) is 0.790. The summed E-state index contributed by atoms with van der Waals surface area (Å²) in [5.74, 6) is 0.357. The van der Waals surface area contributed by atoms with Crippen molar-refractivity contribution in [2.75, 3.05) is 39.5 Å². The van der Waals surface area contributed by atoms with E-state index in [0.29, 0.717) is 13.0 Å². The average Bonchev–Trinajstić information content (AvgIpc) is 2.89. The van der Waals surface area contributed by atoms with Gasteiger partial charge in [-0.25, -0.2) is 12.7 Å². The molecule has 0 spiro atoms. The predicted octanol–water partition coefficient (Wildman–Crippen LogP) is 0.872. The van der Waals surface area contributed by atoms with Crippen molar-refractivity contribution in [2.45, 2.75) is 25.3 Å².